The highest BCUT2D eigenvalue weighted by Crippen LogP contribution is 2.28. The fourth-order valence-electron chi connectivity index (χ4n) is 2.45. The number of nitrogens with zero attached hydrogens (tertiary/aromatic N) is 2. The smallest absolute Gasteiger partial charge is 0.240 e. The summed E-state index contributed by atoms with van der Waals surface area (Å²) < 4.78 is 22.7. The summed E-state index contributed by atoms with van der Waals surface area (Å²) in [6.07, 6.45) is 0. The third kappa shape index (κ3) is 2.89. The van der Waals surface area contributed by atoms with E-state index >= 15 is 0 Å². The first-order chi connectivity index (χ1) is 9.11. The molecule has 1 fully saturated rings. The SMILES string of the molecule is CN1CCN(c2ccc(S(N)(=O)=O)c(N)c2)CC1(C)C. The van der Waals surface area contributed by atoms with Crippen LogP contribution in [0.2, 0.25) is 0 Å². The lowest BCUT2D eigenvalue weighted by Crippen LogP contribution is -2.57. The molecule has 1 heterocycles. The number of sulfonamides is 1. The highest BCUT2D eigenvalue weighted by molar-refractivity contribution is 7.89. The van der Waals surface area contributed by atoms with Crippen LogP contribution < -0.4 is 15.8 Å². The Kier molecular flexibility index (Phi) is 3.70. The van der Waals surface area contributed by atoms with E-state index in [0.29, 0.717) is 0 Å². The van der Waals surface area contributed by atoms with Gasteiger partial charge in [0.15, 0.2) is 0 Å². The molecule has 0 unspecified atom stereocenters. The molecule has 1 aromatic carbocycles. The Morgan fingerprint density at radius 2 is 1.90 bits per heavy atom. The highest BCUT2D eigenvalue weighted by Gasteiger charge is 2.31. The van der Waals surface area contributed by atoms with E-state index in [1.54, 1.807) is 12.1 Å². The van der Waals surface area contributed by atoms with Gasteiger partial charge >= 0.3 is 0 Å². The number of piperazine rings is 1. The van der Waals surface area contributed by atoms with Gasteiger partial charge in [-0.3, -0.25) is 4.90 Å². The van der Waals surface area contributed by atoms with Crippen molar-refractivity contribution in [2.75, 3.05) is 37.3 Å². The summed E-state index contributed by atoms with van der Waals surface area (Å²) >= 11 is 0. The summed E-state index contributed by atoms with van der Waals surface area (Å²) in [7, 11) is -1.66. The van der Waals surface area contributed by atoms with Crippen molar-refractivity contribution in [3.63, 3.8) is 0 Å². The Balaban J connectivity index is 2.29. The maximum atomic E-state index is 11.4. The minimum Gasteiger partial charge on any atom is -0.398 e. The second-order valence-corrected chi connectivity index (χ2v) is 7.45. The van der Waals surface area contributed by atoms with E-state index in [1.807, 2.05) is 0 Å². The molecular formula is C13H22N4O2S. The van der Waals surface area contributed by atoms with Crippen molar-refractivity contribution < 1.29 is 8.42 Å². The Bertz CT molecular complexity index is 613. The van der Waals surface area contributed by atoms with Crippen LogP contribution in [0, 0.1) is 0 Å². The normalized spacial score (nSPS) is 20.1. The molecule has 1 aromatic rings. The van der Waals surface area contributed by atoms with Crippen LogP contribution in [0.5, 0.6) is 0 Å². The number of hydrogen-bond acceptors (Lipinski definition) is 5. The number of nitrogen functional groups attached to an aromatic ring is 1. The van der Waals surface area contributed by atoms with Gasteiger partial charge in [-0.15, -0.1) is 0 Å². The second-order valence-electron chi connectivity index (χ2n) is 5.92. The minimum absolute atomic E-state index is 0.0189. The summed E-state index contributed by atoms with van der Waals surface area (Å²) in [5.74, 6) is 0. The number of benzene rings is 1. The summed E-state index contributed by atoms with van der Waals surface area (Å²) in [5.41, 5.74) is 7.00. The molecule has 7 heteroatoms. The summed E-state index contributed by atoms with van der Waals surface area (Å²) in [6, 6.07) is 4.92. The van der Waals surface area contributed by atoms with Crippen molar-refractivity contribution in [1.29, 1.82) is 0 Å². The number of nitrogens with two attached hydrogens (primary N) is 2. The number of likely N-dealkylation sites (N-methyl/N-ethyl adjacent to an activating group) is 1. The van der Waals surface area contributed by atoms with Crippen molar-refractivity contribution in [1.82, 2.24) is 4.90 Å². The van der Waals surface area contributed by atoms with E-state index in [4.69, 9.17) is 10.9 Å². The predicted octanol–water partition coefficient (Wildman–Crippen LogP) is 0.447. The lowest BCUT2D eigenvalue weighted by Gasteiger charge is -2.46. The van der Waals surface area contributed by atoms with E-state index in [9.17, 15) is 8.42 Å². The van der Waals surface area contributed by atoms with Crippen LogP contribution in [-0.4, -0.2) is 45.5 Å². The van der Waals surface area contributed by atoms with Gasteiger partial charge in [0.2, 0.25) is 10.0 Å². The standard InChI is InChI=1S/C13H22N4O2S/c1-13(2)9-17(7-6-16(13)3)10-4-5-12(11(14)8-10)20(15,18)19/h4-5,8H,6-7,9,14H2,1-3H3,(H2,15,18,19). The molecule has 0 spiro atoms. The monoisotopic (exact) mass is 298 g/mol. The number of primary sulfonamides is 1. The van der Waals surface area contributed by atoms with Gasteiger partial charge in [0.1, 0.15) is 4.90 Å². The van der Waals surface area contributed by atoms with E-state index < -0.39 is 10.0 Å². The molecule has 20 heavy (non-hydrogen) atoms. The second kappa shape index (κ2) is 4.91. The minimum atomic E-state index is -3.76. The third-order valence-electron chi connectivity index (χ3n) is 3.98. The molecular weight excluding hydrogens is 276 g/mol. The lowest BCUT2D eigenvalue weighted by molar-refractivity contribution is 0.139. The van der Waals surface area contributed by atoms with Crippen molar-refractivity contribution in [3.05, 3.63) is 18.2 Å². The van der Waals surface area contributed by atoms with Gasteiger partial charge in [0.25, 0.3) is 0 Å². The Morgan fingerprint density at radius 1 is 1.25 bits per heavy atom. The van der Waals surface area contributed by atoms with E-state index in [1.165, 1.54) is 6.07 Å². The molecule has 0 aliphatic carbocycles. The summed E-state index contributed by atoms with van der Waals surface area (Å²) in [4.78, 5) is 4.50. The number of rotatable bonds is 2. The molecule has 0 radical (unpaired) electrons. The molecule has 0 aromatic heterocycles. The summed E-state index contributed by atoms with van der Waals surface area (Å²) in [5, 5.41) is 5.12. The molecule has 2 rings (SSSR count). The van der Waals surface area contributed by atoms with Crippen molar-refractivity contribution in [3.8, 4) is 0 Å². The van der Waals surface area contributed by atoms with Gasteiger partial charge in [-0.25, -0.2) is 13.6 Å². The summed E-state index contributed by atoms with van der Waals surface area (Å²) in [6.45, 7) is 7.05. The Morgan fingerprint density at radius 3 is 2.40 bits per heavy atom. The number of hydrogen-bond donors (Lipinski definition) is 2. The van der Waals surface area contributed by atoms with Gasteiger partial charge < -0.3 is 10.6 Å². The van der Waals surface area contributed by atoms with Crippen LogP contribution in [0.3, 0.4) is 0 Å². The Hall–Kier alpha value is -1.31. The van der Waals surface area contributed by atoms with Crippen LogP contribution in [-0.2, 0) is 10.0 Å². The fourth-order valence-corrected chi connectivity index (χ4v) is 3.10. The molecule has 0 atom stereocenters. The van der Waals surface area contributed by atoms with Crippen LogP contribution in [0.4, 0.5) is 11.4 Å². The molecule has 0 amide bonds. The van der Waals surface area contributed by atoms with E-state index in [-0.39, 0.29) is 16.1 Å². The molecule has 1 saturated heterocycles. The number of anilines is 2. The van der Waals surface area contributed by atoms with Gasteiger partial charge in [0, 0.05) is 30.9 Å². The van der Waals surface area contributed by atoms with Crippen LogP contribution in [0.15, 0.2) is 23.1 Å². The van der Waals surface area contributed by atoms with E-state index in [0.717, 1.165) is 25.3 Å². The molecule has 0 saturated carbocycles. The molecule has 1 aliphatic heterocycles. The molecule has 4 N–H and O–H groups in total. The van der Waals surface area contributed by atoms with Gasteiger partial charge in [-0.2, -0.15) is 0 Å². The molecule has 6 nitrogen and oxygen atoms in total. The zero-order valence-electron chi connectivity index (χ0n) is 12.1. The third-order valence-corrected chi connectivity index (χ3v) is 4.97. The Labute approximate surface area is 120 Å². The van der Waals surface area contributed by atoms with Gasteiger partial charge in [0.05, 0.1) is 5.69 Å². The molecule has 1 aliphatic rings. The average molecular weight is 298 g/mol. The molecule has 0 bridgehead atoms. The zero-order chi connectivity index (χ0) is 15.1. The largest absolute Gasteiger partial charge is 0.398 e. The van der Waals surface area contributed by atoms with Gasteiger partial charge in [-0.1, -0.05) is 0 Å². The van der Waals surface area contributed by atoms with E-state index in [2.05, 4.69) is 30.7 Å². The quantitative estimate of drug-likeness (QED) is 0.773. The lowest BCUT2D eigenvalue weighted by atomic mass is 9.99. The fraction of sp³-hybridized carbons (Fsp3) is 0.538. The van der Waals surface area contributed by atoms with Crippen molar-refractivity contribution in [2.45, 2.75) is 24.3 Å². The van der Waals surface area contributed by atoms with Crippen LogP contribution in [0.25, 0.3) is 0 Å². The van der Waals surface area contributed by atoms with Crippen molar-refractivity contribution >= 4 is 21.4 Å². The topological polar surface area (TPSA) is 92.7 Å². The van der Waals surface area contributed by atoms with Crippen LogP contribution in [0.1, 0.15) is 13.8 Å². The first-order valence-electron chi connectivity index (χ1n) is 6.50. The first kappa shape index (κ1) is 15.1. The predicted molar refractivity (Wildman–Crippen MR) is 81.1 cm³/mol. The van der Waals surface area contributed by atoms with Crippen LogP contribution >= 0.6 is 0 Å². The highest BCUT2D eigenvalue weighted by atomic mass is 32.2. The maximum Gasteiger partial charge on any atom is 0.240 e. The maximum absolute atomic E-state index is 11.4. The van der Waals surface area contributed by atoms with Gasteiger partial charge in [-0.05, 0) is 39.1 Å². The average Bonchev–Trinajstić information content (AvgIpc) is 2.30. The van der Waals surface area contributed by atoms with Crippen molar-refractivity contribution in [2.24, 2.45) is 5.14 Å². The zero-order valence-corrected chi connectivity index (χ0v) is 12.9. The first-order valence-corrected chi connectivity index (χ1v) is 8.04. The molecule has 112 valence electrons.